The summed E-state index contributed by atoms with van der Waals surface area (Å²) in [4.78, 5) is 38.6. The summed E-state index contributed by atoms with van der Waals surface area (Å²) < 4.78 is 7.65. The average Bonchev–Trinajstić information content (AvgIpc) is 3.91. The fraction of sp³-hybridized carbons (Fsp3) is 0.324. The third kappa shape index (κ3) is 11.7. The van der Waals surface area contributed by atoms with E-state index >= 15 is 0 Å². The van der Waals surface area contributed by atoms with Gasteiger partial charge in [0, 0.05) is 18.7 Å². The third-order valence-electron chi connectivity index (χ3n) is 8.25. The lowest BCUT2D eigenvalue weighted by Gasteiger charge is -2.13. The minimum Gasteiger partial charge on any atom is -0.505 e. The molecule has 3 aromatic carbocycles. The van der Waals surface area contributed by atoms with Gasteiger partial charge in [-0.05, 0) is 67.8 Å². The van der Waals surface area contributed by atoms with Gasteiger partial charge in [0.25, 0.3) is 11.5 Å². The number of azo groups is 1. The molecule has 5 aromatic rings. The summed E-state index contributed by atoms with van der Waals surface area (Å²) in [7, 11) is 0. The number of carboxylic acid groups (broad SMARTS) is 1. The van der Waals surface area contributed by atoms with Gasteiger partial charge >= 0.3 is 5.97 Å². The van der Waals surface area contributed by atoms with Crippen LogP contribution in [-0.2, 0) is 4.74 Å². The quantitative estimate of drug-likeness (QED) is 0.0853. The number of rotatable bonds is 10. The van der Waals surface area contributed by atoms with Crippen molar-refractivity contribution in [3.63, 3.8) is 0 Å². The number of nitrogens with one attached hydrogen (secondary N) is 1. The molecule has 14 N–H and O–H groups in total. The number of aryl methyl sites for hydroxylation is 3. The van der Waals surface area contributed by atoms with Gasteiger partial charge in [0.15, 0.2) is 17.7 Å². The number of aliphatic hydroxyl groups is 5. The molecule has 312 valence electrons. The Morgan fingerprint density at radius 1 is 0.914 bits per heavy atom. The lowest BCUT2D eigenvalue weighted by Crippen LogP contribution is -2.33. The van der Waals surface area contributed by atoms with Gasteiger partial charge in [-0.1, -0.05) is 30.3 Å². The van der Waals surface area contributed by atoms with Crippen molar-refractivity contribution in [1.82, 2.24) is 24.5 Å². The molecule has 58 heavy (non-hydrogen) atoms. The maximum Gasteiger partial charge on any atom is 0.335 e. The number of phenols is 1. The van der Waals surface area contributed by atoms with E-state index in [0.717, 1.165) is 22.1 Å². The van der Waals surface area contributed by atoms with E-state index in [4.69, 9.17) is 37.3 Å². The minimum atomic E-state index is -1.27. The van der Waals surface area contributed by atoms with E-state index in [1.165, 1.54) is 16.8 Å². The molecule has 21 heteroatoms. The van der Waals surface area contributed by atoms with Crippen molar-refractivity contribution in [2.45, 2.75) is 45.3 Å². The second-order valence-electron chi connectivity index (χ2n) is 12.4. The summed E-state index contributed by atoms with van der Waals surface area (Å²) in [5.74, 6) is -2.25. The smallest absolute Gasteiger partial charge is 0.335 e. The van der Waals surface area contributed by atoms with E-state index in [1.54, 1.807) is 37.3 Å². The minimum absolute atomic E-state index is 0.0972. The lowest BCUT2D eigenvalue weighted by molar-refractivity contribution is -0.0588. The molecule has 4 atom stereocenters. The zero-order valence-corrected chi connectivity index (χ0v) is 31.9. The Hall–Kier alpha value is -6.17. The lowest BCUT2D eigenvalue weighted by atomic mass is 10.0. The van der Waals surface area contributed by atoms with Crippen LogP contribution in [0.3, 0.4) is 0 Å². The molecule has 21 nitrogen and oxygen atoms in total. The Labute approximate surface area is 331 Å². The fourth-order valence-corrected chi connectivity index (χ4v) is 5.08. The molecule has 1 fully saturated rings. The number of primary amides is 1. The summed E-state index contributed by atoms with van der Waals surface area (Å²) in [6, 6.07) is 16.8. The molecule has 3 heterocycles. The van der Waals surface area contributed by atoms with Crippen LogP contribution < -0.4 is 22.8 Å². The highest BCUT2D eigenvalue weighted by Crippen LogP contribution is 2.38. The van der Waals surface area contributed by atoms with Crippen molar-refractivity contribution in [2.24, 2.45) is 27.4 Å². The van der Waals surface area contributed by atoms with Crippen LogP contribution in [0.15, 0.2) is 82.0 Å². The average molecular weight is 809 g/mol. The van der Waals surface area contributed by atoms with Crippen molar-refractivity contribution < 1.29 is 50.1 Å². The van der Waals surface area contributed by atoms with E-state index in [2.05, 4.69) is 25.4 Å². The number of H-pyrrole nitrogens is 1. The van der Waals surface area contributed by atoms with Crippen molar-refractivity contribution >= 4 is 23.3 Å². The molecule has 1 amide bonds. The number of aromatic nitrogens is 5. The number of carbonyl (C=O) groups excluding carboxylic acids is 1. The molecule has 6 rings (SSSR count). The number of benzene rings is 3. The van der Waals surface area contributed by atoms with E-state index in [1.807, 2.05) is 32.0 Å². The van der Waals surface area contributed by atoms with Crippen molar-refractivity contribution in [3.8, 4) is 22.6 Å². The zero-order chi connectivity index (χ0) is 43.1. The number of aromatic carboxylic acids is 1. The van der Waals surface area contributed by atoms with Gasteiger partial charge in [0.1, 0.15) is 30.3 Å². The summed E-state index contributed by atoms with van der Waals surface area (Å²) >= 11 is 0. The topological polar surface area (TPSA) is 356 Å². The number of aromatic amines is 1. The van der Waals surface area contributed by atoms with Gasteiger partial charge in [0.05, 0.1) is 36.8 Å². The number of ether oxygens (including phenoxy) is 1. The number of nitrogens with zero attached hydrogens (tertiary/aromatic N) is 6. The molecule has 0 unspecified atom stereocenters. The van der Waals surface area contributed by atoms with Gasteiger partial charge in [-0.25, -0.2) is 19.1 Å². The molecule has 0 spiro atoms. The normalized spacial score (nSPS) is 17.1. The van der Waals surface area contributed by atoms with E-state index in [9.17, 15) is 34.8 Å². The first-order chi connectivity index (χ1) is 27.6. The van der Waals surface area contributed by atoms with Gasteiger partial charge in [-0.2, -0.15) is 0 Å². The SMILES string of the molecule is Cc1ccc(-n2[nH]c(C)c(N=Nc3cccc(-c4cccc(C(=O)O)c4)c3O)c2=O)cc1C.NC(=O)c1ncn([C@@H]2O[C@H](CO)[C@@H](O)[C@H]2O)n1.NCCO.NCCO. The maximum atomic E-state index is 12.9. The highest BCUT2D eigenvalue weighted by atomic mass is 16.6. The van der Waals surface area contributed by atoms with Crippen LogP contribution in [0.1, 0.15) is 44.0 Å². The van der Waals surface area contributed by atoms with E-state index in [-0.39, 0.29) is 47.3 Å². The largest absolute Gasteiger partial charge is 0.505 e. The van der Waals surface area contributed by atoms with Crippen LogP contribution in [0.2, 0.25) is 0 Å². The highest BCUT2D eigenvalue weighted by molar-refractivity contribution is 5.90. The van der Waals surface area contributed by atoms with Crippen LogP contribution in [0.4, 0.5) is 11.4 Å². The Morgan fingerprint density at radius 2 is 1.57 bits per heavy atom. The monoisotopic (exact) mass is 808 g/mol. The van der Waals surface area contributed by atoms with Crippen molar-refractivity contribution in [1.29, 1.82) is 0 Å². The molecule has 0 radical (unpaired) electrons. The molecule has 0 aliphatic carbocycles. The fourth-order valence-electron chi connectivity index (χ4n) is 5.08. The predicted molar refractivity (Wildman–Crippen MR) is 209 cm³/mol. The Balaban J connectivity index is 0.000000299. The molecule has 2 aromatic heterocycles. The Bertz CT molecular complexity index is 2210. The third-order valence-corrected chi connectivity index (χ3v) is 8.25. The number of carbonyl (C=O) groups is 2. The number of phenolic OH excluding ortho intramolecular Hbond substituents is 1. The molecule has 0 saturated carbocycles. The van der Waals surface area contributed by atoms with Crippen LogP contribution in [0.25, 0.3) is 16.8 Å². The number of aliphatic hydroxyl groups excluding tert-OH is 5. The van der Waals surface area contributed by atoms with Gasteiger partial charge in [0.2, 0.25) is 5.82 Å². The molecule has 1 aliphatic heterocycles. The molecule has 1 saturated heterocycles. The number of hydrogen-bond donors (Lipinski definition) is 11. The van der Waals surface area contributed by atoms with Crippen LogP contribution in [-0.4, -0.2) is 123 Å². The number of nitrogens with two attached hydrogens (primary N) is 3. The molecular formula is C37H48N10O11. The van der Waals surface area contributed by atoms with Crippen LogP contribution >= 0.6 is 0 Å². The van der Waals surface area contributed by atoms with E-state index < -0.39 is 43.0 Å². The maximum absolute atomic E-state index is 12.9. The first-order valence-electron chi connectivity index (χ1n) is 17.6. The molecule has 1 aliphatic rings. The standard InChI is InChI=1S/C25H22N4O4.C8H12N4O5.2C2H7NO/c1-14-10-11-19(12-15(14)2)29-24(31)22(16(3)28-29)27-26-21-9-5-8-20(23(21)30)17-6-4-7-18(13-17)25(32)33;9-6(16)7-10-2-12(11-7)8-5(15)4(14)3(1-13)17-8;2*3-1-2-4/h4-13,28,30H,1-3H3,(H,32,33);2-5,8,13-15H,1H2,(H2,9,16);2*4H,1-3H2/t;3-,4-,5-,8-;;/m.1../s1. The Morgan fingerprint density at radius 3 is 2.12 bits per heavy atom. The number of amides is 1. The number of carboxylic acids is 1. The second kappa shape index (κ2) is 21.9. The van der Waals surface area contributed by atoms with Crippen LogP contribution in [0.5, 0.6) is 5.75 Å². The summed E-state index contributed by atoms with van der Waals surface area (Å²) in [6.45, 7) is 6.20. The first-order valence-corrected chi connectivity index (χ1v) is 17.6. The summed E-state index contributed by atoms with van der Waals surface area (Å²) in [6.07, 6.45) is -3.26. The Kier molecular flexibility index (Phi) is 17.5. The summed E-state index contributed by atoms with van der Waals surface area (Å²) in [5, 5.41) is 78.5. The first kappa shape index (κ1) is 46.2. The van der Waals surface area contributed by atoms with E-state index in [0.29, 0.717) is 35.6 Å². The second-order valence-corrected chi connectivity index (χ2v) is 12.4. The zero-order valence-electron chi connectivity index (χ0n) is 31.9. The van der Waals surface area contributed by atoms with Gasteiger partial charge < -0.3 is 57.7 Å². The number of aromatic hydroxyl groups is 1. The summed E-state index contributed by atoms with van der Waals surface area (Å²) in [5.41, 5.74) is 18.9. The molecule has 0 bridgehead atoms. The molecular weight excluding hydrogens is 760 g/mol. The number of para-hydroxylation sites is 1. The number of hydrogen-bond acceptors (Lipinski definition) is 16. The predicted octanol–water partition coefficient (Wildman–Crippen LogP) is 0.440. The van der Waals surface area contributed by atoms with Crippen molar-refractivity contribution in [3.05, 3.63) is 106 Å². The van der Waals surface area contributed by atoms with Gasteiger partial charge in [-0.15, -0.1) is 15.3 Å². The highest BCUT2D eigenvalue weighted by Gasteiger charge is 2.44. The van der Waals surface area contributed by atoms with Gasteiger partial charge in [-0.3, -0.25) is 14.7 Å². The van der Waals surface area contributed by atoms with Crippen LogP contribution in [0, 0.1) is 20.8 Å². The van der Waals surface area contributed by atoms with Crippen molar-refractivity contribution in [2.75, 3.05) is 32.9 Å².